The Kier molecular flexibility index (Phi) is 3.98. The number of rotatable bonds is 3. The number of nitrogens with zero attached hydrogens (tertiary/aromatic N) is 1. The van der Waals surface area contributed by atoms with Gasteiger partial charge in [-0.2, -0.15) is 0 Å². The second kappa shape index (κ2) is 4.53. The highest BCUT2D eigenvalue weighted by Crippen LogP contribution is 2.36. The fourth-order valence-corrected chi connectivity index (χ4v) is 2.34. The maximum atomic E-state index is 9.40. The second-order valence-corrected chi connectivity index (χ2v) is 10.9. The molecule has 3 nitrogen and oxygen atoms in total. The van der Waals surface area contributed by atoms with Gasteiger partial charge in [-0.05, 0) is 24.6 Å². The van der Waals surface area contributed by atoms with Crippen LogP contribution in [0.25, 0.3) is 0 Å². The van der Waals surface area contributed by atoms with E-state index in [-0.39, 0.29) is 11.1 Å². The molecular formula is C11H25NO2Si. The van der Waals surface area contributed by atoms with Gasteiger partial charge in [-0.15, -0.1) is 0 Å². The van der Waals surface area contributed by atoms with Crippen LogP contribution < -0.4 is 0 Å². The van der Waals surface area contributed by atoms with Gasteiger partial charge in [0, 0.05) is 13.1 Å². The predicted molar refractivity (Wildman–Crippen MR) is 65.3 cm³/mol. The van der Waals surface area contributed by atoms with Crippen LogP contribution in [0.4, 0.5) is 0 Å². The maximum Gasteiger partial charge on any atom is 0.193 e. The molecule has 0 spiro atoms. The molecule has 0 saturated carbocycles. The summed E-state index contributed by atoms with van der Waals surface area (Å²) in [6.07, 6.45) is 0.744. The van der Waals surface area contributed by atoms with Crippen molar-refractivity contribution < 1.29 is 9.53 Å². The molecule has 1 atom stereocenters. The molecule has 0 aromatic heterocycles. The van der Waals surface area contributed by atoms with Gasteiger partial charge in [-0.25, -0.2) is 0 Å². The van der Waals surface area contributed by atoms with E-state index < -0.39 is 8.32 Å². The summed E-state index contributed by atoms with van der Waals surface area (Å²) < 4.78 is 6.08. The van der Waals surface area contributed by atoms with E-state index in [9.17, 15) is 5.11 Å². The lowest BCUT2D eigenvalue weighted by atomic mass is 10.2. The molecular weight excluding hydrogens is 206 g/mol. The minimum atomic E-state index is -1.62. The van der Waals surface area contributed by atoms with Crippen molar-refractivity contribution >= 4 is 8.32 Å². The minimum absolute atomic E-state index is 0.145. The Bertz CT molecular complexity index is 213. The molecule has 4 heteroatoms. The molecule has 1 N–H and O–H groups in total. The molecule has 90 valence electrons. The number of hydrogen-bond acceptors (Lipinski definition) is 3. The van der Waals surface area contributed by atoms with Gasteiger partial charge in [-0.3, -0.25) is 4.90 Å². The van der Waals surface area contributed by atoms with Crippen LogP contribution in [-0.4, -0.2) is 44.2 Å². The van der Waals surface area contributed by atoms with E-state index in [2.05, 4.69) is 38.8 Å². The Morgan fingerprint density at radius 1 is 1.40 bits per heavy atom. The Hall–Kier alpha value is 0.0969. The van der Waals surface area contributed by atoms with Gasteiger partial charge >= 0.3 is 0 Å². The Labute approximate surface area is 94.6 Å². The molecule has 1 saturated heterocycles. The summed E-state index contributed by atoms with van der Waals surface area (Å²) >= 11 is 0. The molecule has 0 radical (unpaired) electrons. The second-order valence-electron chi connectivity index (χ2n) is 6.05. The summed E-state index contributed by atoms with van der Waals surface area (Å²) in [5.74, 6) is 0. The van der Waals surface area contributed by atoms with E-state index in [1.807, 2.05) is 0 Å². The smallest absolute Gasteiger partial charge is 0.193 e. The predicted octanol–water partition coefficient (Wildman–Crippen LogP) is 2.03. The monoisotopic (exact) mass is 231 g/mol. The molecule has 0 bridgehead atoms. The number of β-amino-alcohol motifs (C(OH)–C–C–N with tert-alkyl or cyclic N) is 1. The quantitative estimate of drug-likeness (QED) is 0.755. The number of hydrogen-bond donors (Lipinski definition) is 1. The van der Waals surface area contributed by atoms with Crippen LogP contribution in [0.2, 0.25) is 18.1 Å². The Balaban J connectivity index is 2.36. The molecule has 0 aromatic rings. The van der Waals surface area contributed by atoms with Gasteiger partial charge in [-0.1, -0.05) is 20.8 Å². The molecule has 15 heavy (non-hydrogen) atoms. The van der Waals surface area contributed by atoms with E-state index in [1.165, 1.54) is 0 Å². The van der Waals surface area contributed by atoms with Crippen molar-refractivity contribution in [1.29, 1.82) is 0 Å². The summed E-state index contributed by atoms with van der Waals surface area (Å²) in [6, 6.07) is 0. The van der Waals surface area contributed by atoms with E-state index in [0.717, 1.165) is 19.5 Å². The average molecular weight is 231 g/mol. The first-order chi connectivity index (χ1) is 6.72. The average Bonchev–Trinajstić information content (AvgIpc) is 2.46. The van der Waals surface area contributed by atoms with Gasteiger partial charge in [0.15, 0.2) is 8.32 Å². The standard InChI is InChI=1S/C11H25NO2Si/c1-11(2,3)15(4,5)14-9-12-7-6-10(13)8-12/h10,13H,6-9H2,1-5H3. The van der Waals surface area contributed by atoms with E-state index in [1.54, 1.807) is 0 Å². The normalized spacial score (nSPS) is 24.8. The SMILES string of the molecule is CC(C)(C)[Si](C)(C)OCN1CCC(O)C1. The molecule has 1 rings (SSSR count). The van der Waals surface area contributed by atoms with Crippen LogP contribution in [0.5, 0.6) is 0 Å². The zero-order chi connectivity index (χ0) is 11.7. The zero-order valence-electron chi connectivity index (χ0n) is 10.7. The van der Waals surface area contributed by atoms with Gasteiger partial charge in [0.25, 0.3) is 0 Å². The Morgan fingerprint density at radius 2 is 2.00 bits per heavy atom. The van der Waals surface area contributed by atoms with Gasteiger partial charge in [0.05, 0.1) is 12.8 Å². The van der Waals surface area contributed by atoms with Gasteiger partial charge in [0.2, 0.25) is 0 Å². The Morgan fingerprint density at radius 3 is 2.40 bits per heavy atom. The van der Waals surface area contributed by atoms with E-state index in [4.69, 9.17) is 4.43 Å². The molecule has 1 aliphatic rings. The molecule has 1 fully saturated rings. The third-order valence-electron chi connectivity index (χ3n) is 3.66. The van der Waals surface area contributed by atoms with E-state index in [0.29, 0.717) is 6.73 Å². The fraction of sp³-hybridized carbons (Fsp3) is 1.00. The van der Waals surface area contributed by atoms with Crippen molar-refractivity contribution in [2.75, 3.05) is 19.8 Å². The lowest BCUT2D eigenvalue weighted by Crippen LogP contribution is -2.43. The molecule has 0 amide bonds. The van der Waals surface area contributed by atoms with Crippen LogP contribution >= 0.6 is 0 Å². The number of likely N-dealkylation sites (tertiary alicyclic amines) is 1. The highest BCUT2D eigenvalue weighted by molar-refractivity contribution is 6.74. The summed E-state index contributed by atoms with van der Waals surface area (Å²) in [7, 11) is -1.62. The van der Waals surface area contributed by atoms with Crippen LogP contribution in [0, 0.1) is 0 Å². The van der Waals surface area contributed by atoms with Crippen LogP contribution in [0.3, 0.4) is 0 Å². The maximum absolute atomic E-state index is 9.40. The van der Waals surface area contributed by atoms with Crippen LogP contribution in [-0.2, 0) is 4.43 Å². The molecule has 1 unspecified atom stereocenters. The van der Waals surface area contributed by atoms with Crippen molar-refractivity contribution in [1.82, 2.24) is 4.90 Å². The van der Waals surface area contributed by atoms with Crippen molar-refractivity contribution in [2.24, 2.45) is 0 Å². The highest BCUT2D eigenvalue weighted by Gasteiger charge is 2.37. The fourth-order valence-electron chi connectivity index (χ4n) is 1.40. The first kappa shape index (κ1) is 13.2. The topological polar surface area (TPSA) is 32.7 Å². The molecule has 0 aromatic carbocycles. The minimum Gasteiger partial charge on any atom is -0.404 e. The van der Waals surface area contributed by atoms with Crippen LogP contribution in [0.1, 0.15) is 27.2 Å². The first-order valence-corrected chi connectivity index (χ1v) is 8.67. The van der Waals surface area contributed by atoms with E-state index >= 15 is 0 Å². The third kappa shape index (κ3) is 3.55. The van der Waals surface area contributed by atoms with Crippen molar-refractivity contribution in [3.8, 4) is 0 Å². The summed E-state index contributed by atoms with van der Waals surface area (Å²) in [5, 5.41) is 9.67. The van der Waals surface area contributed by atoms with Gasteiger partial charge in [0.1, 0.15) is 0 Å². The summed E-state index contributed by atoms with van der Waals surface area (Å²) in [5.41, 5.74) is 0. The summed E-state index contributed by atoms with van der Waals surface area (Å²) in [6.45, 7) is 13.7. The van der Waals surface area contributed by atoms with Crippen LogP contribution in [0.15, 0.2) is 0 Å². The largest absolute Gasteiger partial charge is 0.404 e. The van der Waals surface area contributed by atoms with Crippen molar-refractivity contribution in [3.05, 3.63) is 0 Å². The lowest BCUT2D eigenvalue weighted by Gasteiger charge is -2.37. The molecule has 1 heterocycles. The highest BCUT2D eigenvalue weighted by atomic mass is 28.4. The summed E-state index contributed by atoms with van der Waals surface area (Å²) in [4.78, 5) is 2.20. The lowest BCUT2D eigenvalue weighted by molar-refractivity contribution is 0.114. The zero-order valence-corrected chi connectivity index (χ0v) is 11.7. The van der Waals surface area contributed by atoms with Crippen molar-refractivity contribution in [2.45, 2.75) is 51.4 Å². The number of aliphatic hydroxyl groups is 1. The van der Waals surface area contributed by atoms with Gasteiger partial charge < -0.3 is 9.53 Å². The first-order valence-electron chi connectivity index (χ1n) is 5.77. The molecule has 0 aliphatic carbocycles. The molecule has 1 aliphatic heterocycles. The third-order valence-corrected chi connectivity index (χ3v) is 8.12. The number of aliphatic hydroxyl groups excluding tert-OH is 1. The van der Waals surface area contributed by atoms with Crippen molar-refractivity contribution in [3.63, 3.8) is 0 Å².